The van der Waals surface area contributed by atoms with E-state index >= 15 is 0 Å². The summed E-state index contributed by atoms with van der Waals surface area (Å²) in [7, 11) is 1.36. The van der Waals surface area contributed by atoms with E-state index in [1.807, 2.05) is 36.4 Å². The molecule has 0 N–H and O–H groups in total. The van der Waals surface area contributed by atoms with E-state index in [0.29, 0.717) is 0 Å². The Labute approximate surface area is 108 Å². The number of fused-ring (bicyclic) bond motifs is 1. The zero-order valence-corrected chi connectivity index (χ0v) is 10.9. The highest BCUT2D eigenvalue weighted by Gasteiger charge is 2.02. The summed E-state index contributed by atoms with van der Waals surface area (Å²) >= 11 is 3.55. The van der Waals surface area contributed by atoms with Crippen LogP contribution in [0.15, 0.2) is 46.9 Å². The monoisotopic (exact) mass is 290 g/mol. The molecule has 0 aliphatic rings. The van der Waals surface area contributed by atoms with Crippen molar-refractivity contribution >= 4 is 38.7 Å². The quantitative estimate of drug-likeness (QED) is 0.621. The Morgan fingerprint density at radius 3 is 2.76 bits per heavy atom. The van der Waals surface area contributed by atoms with Gasteiger partial charge >= 0.3 is 5.97 Å². The molecule has 86 valence electrons. The number of carbonyl (C=O) groups excluding carboxylic acids is 1. The molecule has 0 fully saturated rings. The molecular weight excluding hydrogens is 280 g/mol. The fraction of sp³-hybridized carbons (Fsp3) is 0.0714. The van der Waals surface area contributed by atoms with Crippen LogP contribution in [0.1, 0.15) is 5.56 Å². The number of rotatable bonds is 2. The first-order chi connectivity index (χ1) is 8.22. The lowest BCUT2D eigenvalue weighted by molar-refractivity contribution is -0.134. The van der Waals surface area contributed by atoms with Gasteiger partial charge in [0.05, 0.1) is 7.11 Å². The summed E-state index contributed by atoms with van der Waals surface area (Å²) in [5, 5.41) is 2.29. The van der Waals surface area contributed by atoms with Crippen LogP contribution in [-0.4, -0.2) is 13.1 Å². The maximum atomic E-state index is 11.0. The summed E-state index contributed by atoms with van der Waals surface area (Å²) in [5.74, 6) is -0.356. The van der Waals surface area contributed by atoms with Crippen molar-refractivity contribution in [1.29, 1.82) is 0 Å². The predicted octanol–water partition coefficient (Wildman–Crippen LogP) is 3.79. The van der Waals surface area contributed by atoms with Crippen LogP contribution in [0.3, 0.4) is 0 Å². The number of hydrogen-bond acceptors (Lipinski definition) is 2. The minimum Gasteiger partial charge on any atom is -0.466 e. The molecule has 0 aromatic heterocycles. The van der Waals surface area contributed by atoms with Crippen molar-refractivity contribution in [2.45, 2.75) is 0 Å². The zero-order chi connectivity index (χ0) is 12.3. The lowest BCUT2D eigenvalue weighted by Crippen LogP contribution is -1.93. The van der Waals surface area contributed by atoms with Crippen molar-refractivity contribution in [3.8, 4) is 0 Å². The number of esters is 1. The van der Waals surface area contributed by atoms with Crippen LogP contribution in [-0.2, 0) is 9.53 Å². The van der Waals surface area contributed by atoms with Gasteiger partial charge in [-0.15, -0.1) is 0 Å². The number of ether oxygens (including phenoxy) is 1. The second-order valence-corrected chi connectivity index (χ2v) is 4.34. The highest BCUT2D eigenvalue weighted by molar-refractivity contribution is 9.10. The molecule has 2 rings (SSSR count). The molecule has 0 bridgehead atoms. The average Bonchev–Trinajstić information content (AvgIpc) is 2.38. The molecule has 0 saturated carbocycles. The maximum Gasteiger partial charge on any atom is 0.330 e. The van der Waals surface area contributed by atoms with Crippen LogP contribution in [0, 0.1) is 0 Å². The lowest BCUT2D eigenvalue weighted by Gasteiger charge is -2.04. The van der Waals surface area contributed by atoms with Gasteiger partial charge in [-0.1, -0.05) is 36.4 Å². The van der Waals surface area contributed by atoms with E-state index < -0.39 is 0 Å². The zero-order valence-electron chi connectivity index (χ0n) is 9.31. The third kappa shape index (κ3) is 2.56. The topological polar surface area (TPSA) is 26.3 Å². The molecule has 17 heavy (non-hydrogen) atoms. The van der Waals surface area contributed by atoms with Crippen molar-refractivity contribution < 1.29 is 9.53 Å². The van der Waals surface area contributed by atoms with Crippen LogP contribution in [0.25, 0.3) is 16.8 Å². The van der Waals surface area contributed by atoms with Gasteiger partial charge in [-0.2, -0.15) is 0 Å². The molecule has 2 aromatic rings. The number of hydrogen-bond donors (Lipinski definition) is 0. The molecule has 0 aliphatic heterocycles. The minimum absolute atomic E-state index is 0.356. The number of halogens is 1. The Hall–Kier alpha value is -1.61. The van der Waals surface area contributed by atoms with Gasteiger partial charge in [0.1, 0.15) is 0 Å². The van der Waals surface area contributed by atoms with Gasteiger partial charge in [0.2, 0.25) is 0 Å². The first-order valence-electron chi connectivity index (χ1n) is 5.15. The molecule has 0 saturated heterocycles. The van der Waals surface area contributed by atoms with Gasteiger partial charge < -0.3 is 4.74 Å². The summed E-state index contributed by atoms with van der Waals surface area (Å²) in [6.07, 6.45) is 3.15. The van der Waals surface area contributed by atoms with E-state index in [1.165, 1.54) is 13.2 Å². The SMILES string of the molecule is COC(=O)C=Cc1ccc2ccccc2c1Br. The molecule has 0 heterocycles. The Kier molecular flexibility index (Phi) is 3.59. The number of benzene rings is 2. The van der Waals surface area contributed by atoms with E-state index in [2.05, 4.69) is 20.7 Å². The molecule has 0 atom stereocenters. The van der Waals surface area contributed by atoms with Crippen molar-refractivity contribution in [3.05, 3.63) is 52.5 Å². The standard InChI is InChI=1S/C14H11BrO2/c1-17-13(16)9-8-11-7-6-10-4-2-3-5-12(10)14(11)15/h2-9H,1H3. The molecule has 2 aromatic carbocycles. The van der Waals surface area contributed by atoms with E-state index in [-0.39, 0.29) is 5.97 Å². The molecule has 0 aliphatic carbocycles. The van der Waals surface area contributed by atoms with Gasteiger partial charge in [0.15, 0.2) is 0 Å². The molecule has 0 spiro atoms. The van der Waals surface area contributed by atoms with Crippen LogP contribution >= 0.6 is 15.9 Å². The third-order valence-corrected chi connectivity index (χ3v) is 3.38. The normalized spacial score (nSPS) is 10.9. The maximum absolute atomic E-state index is 11.0. The third-order valence-electron chi connectivity index (χ3n) is 2.49. The highest BCUT2D eigenvalue weighted by atomic mass is 79.9. The molecule has 3 heteroatoms. The lowest BCUT2D eigenvalue weighted by atomic mass is 10.1. The van der Waals surface area contributed by atoms with Crippen LogP contribution in [0.4, 0.5) is 0 Å². The number of carbonyl (C=O) groups is 1. The van der Waals surface area contributed by atoms with Crippen LogP contribution in [0.2, 0.25) is 0 Å². The van der Waals surface area contributed by atoms with Gasteiger partial charge in [-0.3, -0.25) is 0 Å². The summed E-state index contributed by atoms with van der Waals surface area (Å²) in [6.45, 7) is 0. The van der Waals surface area contributed by atoms with E-state index in [0.717, 1.165) is 20.8 Å². The molecule has 2 nitrogen and oxygen atoms in total. The van der Waals surface area contributed by atoms with E-state index in [4.69, 9.17) is 0 Å². The fourth-order valence-corrected chi connectivity index (χ4v) is 2.23. The van der Waals surface area contributed by atoms with Crippen molar-refractivity contribution in [2.75, 3.05) is 7.11 Å². The van der Waals surface area contributed by atoms with Crippen LogP contribution < -0.4 is 0 Å². The van der Waals surface area contributed by atoms with E-state index in [9.17, 15) is 4.79 Å². The average molecular weight is 291 g/mol. The van der Waals surface area contributed by atoms with Gasteiger partial charge in [0, 0.05) is 10.5 Å². The molecule has 0 unspecified atom stereocenters. The predicted molar refractivity (Wildman–Crippen MR) is 72.7 cm³/mol. The Morgan fingerprint density at radius 2 is 2.00 bits per heavy atom. The smallest absolute Gasteiger partial charge is 0.330 e. The van der Waals surface area contributed by atoms with Crippen molar-refractivity contribution in [2.24, 2.45) is 0 Å². The molecule has 0 amide bonds. The summed E-state index contributed by atoms with van der Waals surface area (Å²) in [4.78, 5) is 11.0. The van der Waals surface area contributed by atoms with Gasteiger partial charge in [0.25, 0.3) is 0 Å². The Morgan fingerprint density at radius 1 is 1.24 bits per heavy atom. The van der Waals surface area contributed by atoms with Gasteiger partial charge in [-0.25, -0.2) is 4.79 Å². The summed E-state index contributed by atoms with van der Waals surface area (Å²) < 4.78 is 5.54. The Balaban J connectivity index is 2.46. The minimum atomic E-state index is -0.356. The van der Waals surface area contributed by atoms with E-state index in [1.54, 1.807) is 6.08 Å². The first-order valence-corrected chi connectivity index (χ1v) is 5.95. The Bertz CT molecular complexity index is 588. The number of methoxy groups -OCH3 is 1. The van der Waals surface area contributed by atoms with Gasteiger partial charge in [-0.05, 0) is 38.3 Å². The van der Waals surface area contributed by atoms with Crippen molar-refractivity contribution in [1.82, 2.24) is 0 Å². The van der Waals surface area contributed by atoms with Crippen LogP contribution in [0.5, 0.6) is 0 Å². The second kappa shape index (κ2) is 5.15. The summed E-state index contributed by atoms with van der Waals surface area (Å²) in [5.41, 5.74) is 0.953. The molecule has 0 radical (unpaired) electrons. The van der Waals surface area contributed by atoms with Crippen molar-refractivity contribution in [3.63, 3.8) is 0 Å². The highest BCUT2D eigenvalue weighted by Crippen LogP contribution is 2.28. The largest absolute Gasteiger partial charge is 0.466 e. The fourth-order valence-electron chi connectivity index (χ4n) is 1.61. The molecular formula is C14H11BrO2. The second-order valence-electron chi connectivity index (χ2n) is 3.55. The first kappa shape index (κ1) is 11.9. The summed E-state index contributed by atoms with van der Waals surface area (Å²) in [6, 6.07) is 12.1.